The Morgan fingerprint density at radius 3 is 2.75 bits per heavy atom. The van der Waals surface area contributed by atoms with E-state index >= 15 is 0 Å². The van der Waals surface area contributed by atoms with Gasteiger partial charge in [0.15, 0.2) is 5.78 Å². The van der Waals surface area contributed by atoms with Crippen molar-refractivity contribution >= 4 is 11.9 Å². The number of rotatable bonds is 4. The Balaban J connectivity index is 1.91. The molecule has 1 aromatic rings. The van der Waals surface area contributed by atoms with Crippen molar-refractivity contribution in [1.82, 2.24) is 14.8 Å². The summed E-state index contributed by atoms with van der Waals surface area (Å²) in [6, 6.07) is 5.40. The molecule has 6 nitrogen and oxygen atoms in total. The molecule has 2 rings (SSSR count). The number of likely N-dealkylation sites (N-methyl/N-ethyl adjacent to an activating group) is 1. The Morgan fingerprint density at radius 2 is 2.12 bits per heavy atom. The van der Waals surface area contributed by atoms with Crippen LogP contribution in [-0.4, -0.2) is 65.0 Å². The molecule has 6 heteroatoms. The highest BCUT2D eigenvalue weighted by molar-refractivity contribution is 5.95. The van der Waals surface area contributed by atoms with Gasteiger partial charge in [0.2, 0.25) is 0 Å². The summed E-state index contributed by atoms with van der Waals surface area (Å²) >= 11 is 0. The fourth-order valence-corrected chi connectivity index (χ4v) is 2.79. The molecule has 24 heavy (non-hydrogen) atoms. The summed E-state index contributed by atoms with van der Waals surface area (Å²) in [5, 5.41) is 0. The Bertz CT molecular complexity index is 569. The van der Waals surface area contributed by atoms with Crippen LogP contribution in [0.15, 0.2) is 24.4 Å². The number of carbonyl (C=O) groups is 2. The van der Waals surface area contributed by atoms with Crippen LogP contribution >= 0.6 is 0 Å². The van der Waals surface area contributed by atoms with E-state index in [4.69, 9.17) is 4.74 Å². The van der Waals surface area contributed by atoms with Crippen molar-refractivity contribution in [3.05, 3.63) is 30.1 Å². The topological polar surface area (TPSA) is 62.7 Å². The second-order valence-electron chi connectivity index (χ2n) is 7.26. The van der Waals surface area contributed by atoms with Gasteiger partial charge in [-0.2, -0.15) is 0 Å². The SMILES string of the molecule is CN(C(=O)OC(C)(C)C)[C@@H]1CCCN(CC(=O)c2ccccn2)C1. The molecule has 0 aromatic carbocycles. The number of nitrogens with zero attached hydrogens (tertiary/aromatic N) is 3. The van der Waals surface area contributed by atoms with Crippen LogP contribution in [0, 0.1) is 0 Å². The highest BCUT2D eigenvalue weighted by Gasteiger charge is 2.29. The monoisotopic (exact) mass is 333 g/mol. The van der Waals surface area contributed by atoms with Crippen LogP contribution in [0.4, 0.5) is 4.79 Å². The third-order valence-electron chi connectivity index (χ3n) is 4.03. The molecule has 1 saturated heterocycles. The van der Waals surface area contributed by atoms with E-state index in [1.807, 2.05) is 26.8 Å². The third kappa shape index (κ3) is 5.30. The number of carbonyl (C=O) groups excluding carboxylic acids is 2. The van der Waals surface area contributed by atoms with Gasteiger partial charge in [0.1, 0.15) is 11.3 Å². The van der Waals surface area contributed by atoms with Crippen molar-refractivity contribution in [3.63, 3.8) is 0 Å². The first kappa shape index (κ1) is 18.4. The van der Waals surface area contributed by atoms with Crippen molar-refractivity contribution in [1.29, 1.82) is 0 Å². The number of aromatic nitrogens is 1. The number of piperidine rings is 1. The summed E-state index contributed by atoms with van der Waals surface area (Å²) < 4.78 is 5.43. The fourth-order valence-electron chi connectivity index (χ4n) is 2.79. The van der Waals surface area contributed by atoms with E-state index in [0.29, 0.717) is 18.8 Å². The molecule has 0 bridgehead atoms. The van der Waals surface area contributed by atoms with Crippen molar-refractivity contribution in [2.75, 3.05) is 26.7 Å². The molecule has 1 aliphatic rings. The van der Waals surface area contributed by atoms with E-state index in [9.17, 15) is 9.59 Å². The number of ether oxygens (including phenoxy) is 1. The summed E-state index contributed by atoms with van der Waals surface area (Å²) in [6.45, 7) is 7.44. The van der Waals surface area contributed by atoms with Crippen LogP contribution in [0.25, 0.3) is 0 Å². The van der Waals surface area contributed by atoms with Gasteiger partial charge in [0.05, 0.1) is 6.54 Å². The Kier molecular flexibility index (Phi) is 5.94. The van der Waals surface area contributed by atoms with Gasteiger partial charge in [-0.1, -0.05) is 6.07 Å². The molecular formula is C18H27N3O3. The van der Waals surface area contributed by atoms with Gasteiger partial charge in [-0.25, -0.2) is 4.79 Å². The first-order valence-corrected chi connectivity index (χ1v) is 8.38. The lowest BCUT2D eigenvalue weighted by Crippen LogP contribution is -2.50. The quantitative estimate of drug-likeness (QED) is 0.793. The van der Waals surface area contributed by atoms with Gasteiger partial charge in [0.25, 0.3) is 0 Å². The van der Waals surface area contributed by atoms with Crippen LogP contribution in [-0.2, 0) is 4.74 Å². The smallest absolute Gasteiger partial charge is 0.410 e. The number of pyridine rings is 1. The van der Waals surface area contributed by atoms with Gasteiger partial charge < -0.3 is 9.64 Å². The summed E-state index contributed by atoms with van der Waals surface area (Å²) in [7, 11) is 1.77. The van der Waals surface area contributed by atoms with Crippen molar-refractivity contribution in [3.8, 4) is 0 Å². The zero-order chi connectivity index (χ0) is 17.7. The van der Waals surface area contributed by atoms with E-state index in [1.54, 1.807) is 30.3 Å². The largest absolute Gasteiger partial charge is 0.444 e. The zero-order valence-corrected chi connectivity index (χ0v) is 15.0. The van der Waals surface area contributed by atoms with Crippen LogP contribution in [0.5, 0.6) is 0 Å². The van der Waals surface area contributed by atoms with E-state index in [-0.39, 0.29) is 17.9 Å². The molecule has 0 saturated carbocycles. The Hall–Kier alpha value is -1.95. The average Bonchev–Trinajstić information content (AvgIpc) is 2.53. The van der Waals surface area contributed by atoms with Crippen molar-refractivity contribution in [2.45, 2.75) is 45.3 Å². The number of amides is 1. The van der Waals surface area contributed by atoms with Gasteiger partial charge in [-0.3, -0.25) is 14.7 Å². The van der Waals surface area contributed by atoms with Gasteiger partial charge in [-0.05, 0) is 52.3 Å². The highest BCUT2D eigenvalue weighted by Crippen LogP contribution is 2.18. The molecule has 1 aromatic heterocycles. The first-order valence-electron chi connectivity index (χ1n) is 8.38. The second-order valence-corrected chi connectivity index (χ2v) is 7.26. The molecule has 0 aliphatic carbocycles. The maximum Gasteiger partial charge on any atom is 0.410 e. The molecule has 0 spiro atoms. The Labute approximate surface area is 143 Å². The molecule has 0 N–H and O–H groups in total. The molecule has 0 unspecified atom stereocenters. The zero-order valence-electron chi connectivity index (χ0n) is 15.0. The first-order chi connectivity index (χ1) is 11.3. The van der Waals surface area contributed by atoms with Crippen LogP contribution in [0.2, 0.25) is 0 Å². The summed E-state index contributed by atoms with van der Waals surface area (Å²) in [6.07, 6.45) is 3.19. The second kappa shape index (κ2) is 7.75. The average molecular weight is 333 g/mol. The van der Waals surface area contributed by atoms with Crippen molar-refractivity contribution < 1.29 is 14.3 Å². The minimum Gasteiger partial charge on any atom is -0.444 e. The van der Waals surface area contributed by atoms with Crippen LogP contribution in [0.1, 0.15) is 44.1 Å². The number of hydrogen-bond donors (Lipinski definition) is 0. The molecule has 132 valence electrons. The van der Waals surface area contributed by atoms with Crippen LogP contribution in [0.3, 0.4) is 0 Å². The fraction of sp³-hybridized carbons (Fsp3) is 0.611. The maximum atomic E-state index is 12.3. The van der Waals surface area contributed by atoms with Gasteiger partial charge >= 0.3 is 6.09 Å². The van der Waals surface area contributed by atoms with E-state index in [1.165, 1.54) is 0 Å². The molecule has 1 atom stereocenters. The lowest BCUT2D eigenvalue weighted by atomic mass is 10.0. The van der Waals surface area contributed by atoms with E-state index in [0.717, 1.165) is 19.4 Å². The molecule has 1 fully saturated rings. The molecule has 0 radical (unpaired) electrons. The predicted molar refractivity (Wildman–Crippen MR) is 92.0 cm³/mol. The van der Waals surface area contributed by atoms with Gasteiger partial charge in [0, 0.05) is 25.8 Å². The Morgan fingerprint density at radius 1 is 1.38 bits per heavy atom. The minimum absolute atomic E-state index is 0.0103. The number of ketones is 1. The number of Topliss-reactive ketones (excluding diaryl/α,β-unsaturated/α-hetero) is 1. The molecular weight excluding hydrogens is 306 g/mol. The lowest BCUT2D eigenvalue weighted by molar-refractivity contribution is 0.0138. The highest BCUT2D eigenvalue weighted by atomic mass is 16.6. The van der Waals surface area contributed by atoms with Crippen LogP contribution < -0.4 is 0 Å². The van der Waals surface area contributed by atoms with Gasteiger partial charge in [-0.15, -0.1) is 0 Å². The van der Waals surface area contributed by atoms with Crippen molar-refractivity contribution in [2.24, 2.45) is 0 Å². The predicted octanol–water partition coefficient (Wildman–Crippen LogP) is 2.60. The van der Waals surface area contributed by atoms with E-state index < -0.39 is 5.60 Å². The molecule has 1 amide bonds. The summed E-state index contributed by atoms with van der Waals surface area (Å²) in [4.78, 5) is 32.4. The maximum absolute atomic E-state index is 12.3. The molecule has 2 heterocycles. The number of likely N-dealkylation sites (tertiary alicyclic amines) is 1. The normalized spacial score (nSPS) is 18.9. The number of hydrogen-bond acceptors (Lipinski definition) is 5. The standard InChI is InChI=1S/C18H27N3O3/c1-18(2,3)24-17(23)20(4)14-8-7-11-21(12-14)13-16(22)15-9-5-6-10-19-15/h5-6,9-10,14H,7-8,11-13H2,1-4H3/t14-/m1/s1. The summed E-state index contributed by atoms with van der Waals surface area (Å²) in [5.41, 5.74) is -0.0191. The third-order valence-corrected chi connectivity index (χ3v) is 4.03. The summed E-state index contributed by atoms with van der Waals surface area (Å²) in [5.74, 6) is 0.0103. The lowest BCUT2D eigenvalue weighted by Gasteiger charge is -2.37. The molecule has 1 aliphatic heterocycles. The van der Waals surface area contributed by atoms with E-state index in [2.05, 4.69) is 9.88 Å². The minimum atomic E-state index is -0.505.